The van der Waals surface area contributed by atoms with Crippen molar-refractivity contribution in [2.24, 2.45) is 0 Å². The summed E-state index contributed by atoms with van der Waals surface area (Å²) < 4.78 is 16.4. The molecule has 0 bridgehead atoms. The molecular weight excluding hydrogens is 444 g/mol. The van der Waals surface area contributed by atoms with E-state index in [-0.39, 0.29) is 18.5 Å². The smallest absolute Gasteiger partial charge is 0.307 e. The zero-order chi connectivity index (χ0) is 24.0. The number of anilines is 1. The molecular formula is C24H29ClN4O4. The molecule has 0 saturated carbocycles. The summed E-state index contributed by atoms with van der Waals surface area (Å²) in [5.41, 5.74) is 7.91. The fourth-order valence-corrected chi connectivity index (χ4v) is 3.09. The Morgan fingerprint density at radius 3 is 2.45 bits per heavy atom. The van der Waals surface area contributed by atoms with Gasteiger partial charge in [0.1, 0.15) is 11.4 Å². The van der Waals surface area contributed by atoms with E-state index in [0.29, 0.717) is 29.0 Å². The average Bonchev–Trinajstić information content (AvgIpc) is 3.22. The summed E-state index contributed by atoms with van der Waals surface area (Å²) in [6.45, 7) is 9.86. The summed E-state index contributed by atoms with van der Waals surface area (Å²) in [5, 5.41) is 4.55. The van der Waals surface area contributed by atoms with Crippen LogP contribution in [0, 0.1) is 0 Å². The normalized spacial score (nSPS) is 11.5. The highest BCUT2D eigenvalue weighted by Gasteiger charge is 2.16. The van der Waals surface area contributed by atoms with Crippen LogP contribution in [0.2, 0.25) is 5.02 Å². The van der Waals surface area contributed by atoms with E-state index in [2.05, 4.69) is 21.0 Å². The number of benzene rings is 2. The van der Waals surface area contributed by atoms with E-state index in [4.69, 9.17) is 25.6 Å². The standard InChI is InChI=1S/C24H29ClN4O4/c1-15(2)31-20-11-8-17(14-19(20)25)22-27-23(33-29-22)16-6-9-18(10-7-16)28-26-13-12-21(30)32-24(3,4)5/h6-11,14-15,26,28H,12-13H2,1-5H3. The predicted octanol–water partition coefficient (Wildman–Crippen LogP) is 5.49. The number of hydrazine groups is 1. The zero-order valence-electron chi connectivity index (χ0n) is 19.4. The molecule has 176 valence electrons. The maximum absolute atomic E-state index is 11.7. The van der Waals surface area contributed by atoms with Gasteiger partial charge in [-0.1, -0.05) is 16.8 Å². The first kappa shape index (κ1) is 24.5. The maximum Gasteiger partial charge on any atom is 0.307 e. The molecule has 1 aromatic heterocycles. The average molecular weight is 473 g/mol. The molecule has 0 aliphatic carbocycles. The Bertz CT molecular complexity index is 1070. The van der Waals surface area contributed by atoms with Crippen molar-refractivity contribution >= 4 is 23.3 Å². The molecule has 33 heavy (non-hydrogen) atoms. The van der Waals surface area contributed by atoms with Crippen molar-refractivity contribution in [1.29, 1.82) is 0 Å². The molecule has 0 fully saturated rings. The highest BCUT2D eigenvalue weighted by molar-refractivity contribution is 6.32. The Balaban J connectivity index is 1.55. The van der Waals surface area contributed by atoms with Crippen LogP contribution in [0.15, 0.2) is 47.0 Å². The SMILES string of the molecule is CC(C)Oc1ccc(-c2noc(-c3ccc(NNCCC(=O)OC(C)(C)C)cc3)n2)cc1Cl. The van der Waals surface area contributed by atoms with Gasteiger partial charge in [0.25, 0.3) is 5.89 Å². The number of hydrogen-bond acceptors (Lipinski definition) is 8. The van der Waals surface area contributed by atoms with Crippen molar-refractivity contribution in [3.8, 4) is 28.6 Å². The summed E-state index contributed by atoms with van der Waals surface area (Å²) in [4.78, 5) is 16.2. The van der Waals surface area contributed by atoms with Crippen LogP contribution in [0.5, 0.6) is 5.75 Å². The van der Waals surface area contributed by atoms with E-state index in [0.717, 1.165) is 16.8 Å². The third-order valence-corrected chi connectivity index (χ3v) is 4.51. The molecule has 3 rings (SSSR count). The van der Waals surface area contributed by atoms with E-state index in [1.807, 2.05) is 65.0 Å². The van der Waals surface area contributed by atoms with E-state index >= 15 is 0 Å². The highest BCUT2D eigenvalue weighted by Crippen LogP contribution is 2.31. The van der Waals surface area contributed by atoms with E-state index < -0.39 is 5.60 Å². The van der Waals surface area contributed by atoms with Gasteiger partial charge in [0.15, 0.2) is 0 Å². The molecule has 1 heterocycles. The minimum absolute atomic E-state index is 0.0303. The van der Waals surface area contributed by atoms with Crippen LogP contribution in [0.25, 0.3) is 22.8 Å². The Labute approximate surface area is 198 Å². The quantitative estimate of drug-likeness (QED) is 0.239. The third-order valence-electron chi connectivity index (χ3n) is 4.22. The first-order valence-corrected chi connectivity index (χ1v) is 11.1. The van der Waals surface area contributed by atoms with Gasteiger partial charge in [-0.2, -0.15) is 4.98 Å². The van der Waals surface area contributed by atoms with Crippen LogP contribution in [0.4, 0.5) is 5.69 Å². The maximum atomic E-state index is 11.7. The van der Waals surface area contributed by atoms with Crippen molar-refractivity contribution in [2.45, 2.75) is 52.7 Å². The van der Waals surface area contributed by atoms with Gasteiger partial charge in [-0.25, -0.2) is 5.43 Å². The number of halogens is 1. The lowest BCUT2D eigenvalue weighted by Gasteiger charge is -2.19. The van der Waals surface area contributed by atoms with Crippen LogP contribution >= 0.6 is 11.6 Å². The predicted molar refractivity (Wildman–Crippen MR) is 128 cm³/mol. The number of rotatable bonds is 9. The molecule has 0 radical (unpaired) electrons. The summed E-state index contributed by atoms with van der Waals surface area (Å²) in [7, 11) is 0. The lowest BCUT2D eigenvalue weighted by atomic mass is 10.2. The lowest BCUT2D eigenvalue weighted by Crippen LogP contribution is -2.29. The summed E-state index contributed by atoms with van der Waals surface area (Å²) >= 11 is 6.31. The molecule has 8 nitrogen and oxygen atoms in total. The van der Waals surface area contributed by atoms with Crippen LogP contribution < -0.4 is 15.6 Å². The van der Waals surface area contributed by atoms with Gasteiger partial charge in [-0.15, -0.1) is 0 Å². The largest absolute Gasteiger partial charge is 0.489 e. The summed E-state index contributed by atoms with van der Waals surface area (Å²) in [5.74, 6) is 1.20. The van der Waals surface area contributed by atoms with Crippen LogP contribution in [0.1, 0.15) is 41.0 Å². The van der Waals surface area contributed by atoms with Crippen molar-refractivity contribution in [3.05, 3.63) is 47.5 Å². The third kappa shape index (κ3) is 7.47. The first-order valence-electron chi connectivity index (χ1n) is 10.7. The highest BCUT2D eigenvalue weighted by atomic mass is 35.5. The van der Waals surface area contributed by atoms with Gasteiger partial charge >= 0.3 is 5.97 Å². The fourth-order valence-electron chi connectivity index (χ4n) is 2.87. The number of carbonyl (C=O) groups excluding carboxylic acids is 1. The van der Waals surface area contributed by atoms with Gasteiger partial charge in [0.05, 0.1) is 17.5 Å². The number of esters is 1. The second-order valence-corrected chi connectivity index (χ2v) is 9.11. The molecule has 0 aliphatic heterocycles. The van der Waals surface area contributed by atoms with Gasteiger partial charge in [0.2, 0.25) is 5.82 Å². The molecule has 3 aromatic rings. The molecule has 0 unspecified atom stereocenters. The van der Waals surface area contributed by atoms with Gasteiger partial charge < -0.3 is 19.4 Å². The minimum atomic E-state index is -0.479. The number of nitrogens with zero attached hydrogens (tertiary/aromatic N) is 2. The number of aromatic nitrogens is 2. The minimum Gasteiger partial charge on any atom is -0.489 e. The number of hydrogen-bond donors (Lipinski definition) is 2. The van der Waals surface area contributed by atoms with Gasteiger partial charge in [0, 0.05) is 23.4 Å². The Kier molecular flexibility index (Phi) is 7.94. The van der Waals surface area contributed by atoms with Gasteiger partial charge in [-0.3, -0.25) is 4.79 Å². The van der Waals surface area contributed by atoms with Crippen LogP contribution in [-0.4, -0.2) is 34.4 Å². The molecule has 2 aromatic carbocycles. The number of carbonyl (C=O) groups is 1. The second-order valence-electron chi connectivity index (χ2n) is 8.70. The van der Waals surface area contributed by atoms with Crippen molar-refractivity contribution in [1.82, 2.24) is 15.6 Å². The van der Waals surface area contributed by atoms with Crippen LogP contribution in [-0.2, 0) is 9.53 Å². The van der Waals surface area contributed by atoms with Crippen LogP contribution in [0.3, 0.4) is 0 Å². The molecule has 0 aliphatic rings. The Morgan fingerprint density at radius 1 is 1.12 bits per heavy atom. The summed E-state index contributed by atoms with van der Waals surface area (Å²) in [6.07, 6.45) is 0.296. The van der Waals surface area contributed by atoms with Crippen molar-refractivity contribution in [2.75, 3.05) is 12.0 Å². The zero-order valence-corrected chi connectivity index (χ0v) is 20.2. The van der Waals surface area contributed by atoms with Crippen molar-refractivity contribution < 1.29 is 18.8 Å². The van der Waals surface area contributed by atoms with Crippen molar-refractivity contribution in [3.63, 3.8) is 0 Å². The topological polar surface area (TPSA) is 98.5 Å². The number of nitrogens with one attached hydrogen (secondary N) is 2. The lowest BCUT2D eigenvalue weighted by molar-refractivity contribution is -0.154. The fraction of sp³-hybridized carbons (Fsp3) is 0.375. The second kappa shape index (κ2) is 10.7. The van der Waals surface area contributed by atoms with Gasteiger partial charge in [-0.05, 0) is 77.1 Å². The molecule has 0 amide bonds. The first-order chi connectivity index (χ1) is 15.6. The van der Waals surface area contributed by atoms with E-state index in [1.165, 1.54) is 0 Å². The molecule has 2 N–H and O–H groups in total. The number of ether oxygens (including phenoxy) is 2. The Morgan fingerprint density at radius 2 is 1.82 bits per heavy atom. The molecule has 0 saturated heterocycles. The Hall–Kier alpha value is -3.10. The monoisotopic (exact) mass is 472 g/mol. The molecule has 0 atom stereocenters. The van der Waals surface area contributed by atoms with E-state index in [1.54, 1.807) is 12.1 Å². The molecule has 0 spiro atoms. The molecule has 9 heteroatoms. The van der Waals surface area contributed by atoms with E-state index in [9.17, 15) is 4.79 Å². The summed E-state index contributed by atoms with van der Waals surface area (Å²) in [6, 6.07) is 12.9.